The third-order valence-electron chi connectivity index (χ3n) is 3.25. The largest absolute Gasteiger partial charge is 0.369 e. The fraction of sp³-hybridized carbons (Fsp3) is 0.571. The van der Waals surface area contributed by atoms with Crippen molar-refractivity contribution >= 4 is 17.3 Å². The molecule has 0 aromatic heterocycles. The molecular weight excluding hydrogens is 218 g/mol. The summed E-state index contributed by atoms with van der Waals surface area (Å²) < 4.78 is 0. The third kappa shape index (κ3) is 2.52. The van der Waals surface area contributed by atoms with E-state index in [2.05, 4.69) is 36.9 Å². The molecule has 0 unspecified atom stereocenters. The van der Waals surface area contributed by atoms with E-state index in [1.54, 1.807) is 0 Å². The van der Waals surface area contributed by atoms with Crippen LogP contribution in [0.4, 0.5) is 5.69 Å². The highest BCUT2D eigenvalue weighted by atomic mass is 35.5. The van der Waals surface area contributed by atoms with Crippen molar-refractivity contribution in [3.63, 3.8) is 0 Å². The van der Waals surface area contributed by atoms with Crippen molar-refractivity contribution in [1.29, 1.82) is 0 Å². The molecule has 1 nitrogen and oxygen atoms in total. The summed E-state index contributed by atoms with van der Waals surface area (Å²) in [6, 6.07) is 7.47. The molecule has 0 aliphatic heterocycles. The predicted octanol–water partition coefficient (Wildman–Crippen LogP) is 4.11. The molecule has 16 heavy (non-hydrogen) atoms. The van der Waals surface area contributed by atoms with Crippen LogP contribution in [0.5, 0.6) is 0 Å². The van der Waals surface area contributed by atoms with Gasteiger partial charge in [0.15, 0.2) is 0 Å². The van der Waals surface area contributed by atoms with Gasteiger partial charge in [-0.05, 0) is 49.4 Å². The van der Waals surface area contributed by atoms with Crippen molar-refractivity contribution in [3.8, 4) is 0 Å². The van der Waals surface area contributed by atoms with Crippen LogP contribution in [0.1, 0.15) is 37.3 Å². The molecule has 2 heteroatoms. The van der Waals surface area contributed by atoms with Crippen LogP contribution in [-0.4, -0.2) is 12.6 Å². The SMILES string of the molecule is CCCN(c1ccc(CCl)c(C)c1)C1CC1. The van der Waals surface area contributed by atoms with Gasteiger partial charge < -0.3 is 4.90 Å². The molecule has 1 aliphatic rings. The summed E-state index contributed by atoms with van der Waals surface area (Å²) in [6.45, 7) is 5.57. The fourth-order valence-electron chi connectivity index (χ4n) is 2.16. The van der Waals surface area contributed by atoms with Crippen LogP contribution < -0.4 is 4.90 Å². The van der Waals surface area contributed by atoms with Gasteiger partial charge in [0.05, 0.1) is 0 Å². The first kappa shape index (κ1) is 11.8. The molecule has 88 valence electrons. The van der Waals surface area contributed by atoms with Gasteiger partial charge in [-0.15, -0.1) is 11.6 Å². The number of aryl methyl sites for hydroxylation is 1. The average Bonchev–Trinajstić information content (AvgIpc) is 3.09. The van der Waals surface area contributed by atoms with E-state index in [0.717, 1.165) is 6.04 Å². The van der Waals surface area contributed by atoms with Crippen LogP contribution in [0, 0.1) is 6.92 Å². The number of hydrogen-bond donors (Lipinski definition) is 0. The lowest BCUT2D eigenvalue weighted by Crippen LogP contribution is -2.26. The van der Waals surface area contributed by atoms with E-state index in [9.17, 15) is 0 Å². The van der Waals surface area contributed by atoms with Crippen LogP contribution >= 0.6 is 11.6 Å². The Morgan fingerprint density at radius 1 is 1.38 bits per heavy atom. The summed E-state index contributed by atoms with van der Waals surface area (Å²) in [7, 11) is 0. The Kier molecular flexibility index (Phi) is 3.75. The number of hydrogen-bond acceptors (Lipinski definition) is 1. The van der Waals surface area contributed by atoms with Gasteiger partial charge in [-0.3, -0.25) is 0 Å². The summed E-state index contributed by atoms with van der Waals surface area (Å²) in [4.78, 5) is 2.55. The first-order chi connectivity index (χ1) is 7.76. The molecule has 1 aromatic rings. The second kappa shape index (κ2) is 5.09. The maximum Gasteiger partial charge on any atom is 0.0476 e. The van der Waals surface area contributed by atoms with Crippen molar-refractivity contribution in [2.45, 2.75) is 45.0 Å². The molecule has 1 fully saturated rings. The standard InChI is InChI=1S/C14H20ClN/c1-3-8-16(13-6-7-13)14-5-4-12(10-15)11(2)9-14/h4-5,9,13H,3,6-8,10H2,1-2H3. The van der Waals surface area contributed by atoms with Crippen molar-refractivity contribution in [3.05, 3.63) is 29.3 Å². The van der Waals surface area contributed by atoms with Crippen LogP contribution in [-0.2, 0) is 5.88 Å². The molecule has 1 aliphatic carbocycles. The van der Waals surface area contributed by atoms with Gasteiger partial charge in [-0.1, -0.05) is 13.0 Å². The van der Waals surface area contributed by atoms with E-state index < -0.39 is 0 Å². The lowest BCUT2D eigenvalue weighted by atomic mass is 10.1. The van der Waals surface area contributed by atoms with E-state index >= 15 is 0 Å². The maximum absolute atomic E-state index is 5.89. The molecule has 0 amide bonds. The molecule has 0 radical (unpaired) electrons. The average molecular weight is 238 g/mol. The third-order valence-corrected chi connectivity index (χ3v) is 3.54. The van der Waals surface area contributed by atoms with Gasteiger partial charge in [-0.2, -0.15) is 0 Å². The van der Waals surface area contributed by atoms with Gasteiger partial charge in [-0.25, -0.2) is 0 Å². The zero-order valence-electron chi connectivity index (χ0n) is 10.2. The van der Waals surface area contributed by atoms with Crippen molar-refractivity contribution in [1.82, 2.24) is 0 Å². The highest BCUT2D eigenvalue weighted by Gasteiger charge is 2.28. The molecule has 0 N–H and O–H groups in total. The molecule has 1 saturated carbocycles. The number of halogens is 1. The summed E-state index contributed by atoms with van der Waals surface area (Å²) in [5, 5.41) is 0. The predicted molar refractivity (Wildman–Crippen MR) is 71.4 cm³/mol. The summed E-state index contributed by atoms with van der Waals surface area (Å²) in [5.41, 5.74) is 3.93. The molecule has 0 bridgehead atoms. The second-order valence-corrected chi connectivity index (χ2v) is 4.94. The topological polar surface area (TPSA) is 3.24 Å². The lowest BCUT2D eigenvalue weighted by molar-refractivity contribution is 0.762. The fourth-order valence-corrected chi connectivity index (χ4v) is 2.46. The van der Waals surface area contributed by atoms with E-state index in [0.29, 0.717) is 5.88 Å². The van der Waals surface area contributed by atoms with Crippen LogP contribution in [0.25, 0.3) is 0 Å². The smallest absolute Gasteiger partial charge is 0.0476 e. The summed E-state index contributed by atoms with van der Waals surface area (Å²) in [6.07, 6.45) is 3.93. The highest BCUT2D eigenvalue weighted by molar-refractivity contribution is 6.17. The monoisotopic (exact) mass is 237 g/mol. The quantitative estimate of drug-likeness (QED) is 0.697. The molecule has 0 heterocycles. The van der Waals surface area contributed by atoms with Gasteiger partial charge >= 0.3 is 0 Å². The second-order valence-electron chi connectivity index (χ2n) is 4.67. The first-order valence-electron chi connectivity index (χ1n) is 6.18. The van der Waals surface area contributed by atoms with Gasteiger partial charge in [0.25, 0.3) is 0 Å². The molecule has 0 saturated heterocycles. The van der Waals surface area contributed by atoms with Crippen molar-refractivity contribution in [2.24, 2.45) is 0 Å². The van der Waals surface area contributed by atoms with E-state index in [1.807, 2.05) is 0 Å². The van der Waals surface area contributed by atoms with Gasteiger partial charge in [0.2, 0.25) is 0 Å². The van der Waals surface area contributed by atoms with Crippen LogP contribution in [0.2, 0.25) is 0 Å². The Bertz CT molecular complexity index is 358. The molecule has 2 rings (SSSR count). The first-order valence-corrected chi connectivity index (χ1v) is 6.72. The van der Waals surface area contributed by atoms with E-state index in [4.69, 9.17) is 11.6 Å². The van der Waals surface area contributed by atoms with Gasteiger partial charge in [0.1, 0.15) is 0 Å². The molecule has 0 spiro atoms. The molecule has 0 atom stereocenters. The minimum Gasteiger partial charge on any atom is -0.369 e. The minimum absolute atomic E-state index is 0.614. The zero-order valence-corrected chi connectivity index (χ0v) is 10.9. The maximum atomic E-state index is 5.89. The summed E-state index contributed by atoms with van der Waals surface area (Å²) in [5.74, 6) is 0.614. The number of nitrogens with zero attached hydrogens (tertiary/aromatic N) is 1. The van der Waals surface area contributed by atoms with E-state index in [-0.39, 0.29) is 0 Å². The number of rotatable bonds is 5. The highest BCUT2D eigenvalue weighted by Crippen LogP contribution is 2.32. The number of anilines is 1. The minimum atomic E-state index is 0.614. The van der Waals surface area contributed by atoms with Crippen LogP contribution in [0.3, 0.4) is 0 Å². The molecular formula is C14H20ClN. The Hall–Kier alpha value is -0.690. The number of benzene rings is 1. The Morgan fingerprint density at radius 3 is 2.62 bits per heavy atom. The zero-order chi connectivity index (χ0) is 11.5. The van der Waals surface area contributed by atoms with E-state index in [1.165, 1.54) is 42.6 Å². The van der Waals surface area contributed by atoms with Gasteiger partial charge in [0, 0.05) is 24.2 Å². The van der Waals surface area contributed by atoms with Crippen molar-refractivity contribution < 1.29 is 0 Å². The van der Waals surface area contributed by atoms with Crippen LogP contribution in [0.15, 0.2) is 18.2 Å². The summed E-state index contributed by atoms with van der Waals surface area (Å²) >= 11 is 5.89. The Morgan fingerprint density at radius 2 is 2.12 bits per heavy atom. The Balaban J connectivity index is 2.20. The molecule has 1 aromatic carbocycles. The lowest BCUT2D eigenvalue weighted by Gasteiger charge is -2.25. The normalized spacial score (nSPS) is 15.2. The number of alkyl halides is 1. The van der Waals surface area contributed by atoms with Crippen molar-refractivity contribution in [2.75, 3.05) is 11.4 Å². The Labute approximate surface area is 103 Å².